The molecule has 0 radical (unpaired) electrons. The van der Waals surface area contributed by atoms with Crippen molar-refractivity contribution in [1.29, 1.82) is 0 Å². The Bertz CT molecular complexity index is 978. The monoisotopic (exact) mass is 458 g/mol. The largest absolute Gasteiger partial charge is 0.342 e. The van der Waals surface area contributed by atoms with Crippen molar-refractivity contribution in [2.75, 3.05) is 19.6 Å². The molecular weight excluding hydrogens is 438 g/mol. The molecule has 156 valence electrons. The zero-order valence-electron chi connectivity index (χ0n) is 15.7. The Morgan fingerprint density at radius 2 is 1.69 bits per heavy atom. The van der Waals surface area contributed by atoms with E-state index in [0.717, 1.165) is 23.6 Å². The molecule has 0 atom stereocenters. The highest BCUT2D eigenvalue weighted by Gasteiger charge is 2.31. The second kappa shape index (κ2) is 9.43. The van der Waals surface area contributed by atoms with Crippen LogP contribution >= 0.6 is 23.2 Å². The lowest BCUT2D eigenvalue weighted by atomic mass is 10.1. The molecule has 0 bridgehead atoms. The molecule has 2 aromatic carbocycles. The van der Waals surface area contributed by atoms with Crippen LogP contribution in [0.3, 0.4) is 0 Å². The fourth-order valence-electron chi connectivity index (χ4n) is 3.23. The van der Waals surface area contributed by atoms with E-state index in [9.17, 15) is 17.6 Å². The van der Waals surface area contributed by atoms with E-state index in [1.807, 2.05) is 0 Å². The molecule has 1 amide bonds. The molecule has 2 aromatic rings. The van der Waals surface area contributed by atoms with Gasteiger partial charge in [0, 0.05) is 24.7 Å². The van der Waals surface area contributed by atoms with E-state index < -0.39 is 15.8 Å². The van der Waals surface area contributed by atoms with Gasteiger partial charge in [0.2, 0.25) is 15.9 Å². The summed E-state index contributed by atoms with van der Waals surface area (Å²) in [6.45, 7) is 0.802. The summed E-state index contributed by atoms with van der Waals surface area (Å²) < 4.78 is 41.0. The summed E-state index contributed by atoms with van der Waals surface area (Å²) in [4.78, 5) is 14.3. The molecule has 3 rings (SSSR count). The predicted molar refractivity (Wildman–Crippen MR) is 111 cm³/mol. The highest BCUT2D eigenvalue weighted by Crippen LogP contribution is 2.29. The average Bonchev–Trinajstić information content (AvgIpc) is 2.71. The first-order valence-corrected chi connectivity index (χ1v) is 11.4. The van der Waals surface area contributed by atoms with Gasteiger partial charge in [-0.1, -0.05) is 35.3 Å². The minimum absolute atomic E-state index is 0.0175. The van der Waals surface area contributed by atoms with Gasteiger partial charge in [-0.05, 0) is 55.2 Å². The smallest absolute Gasteiger partial charge is 0.245 e. The normalized spacial score (nSPS) is 15.0. The minimum Gasteiger partial charge on any atom is -0.342 e. The van der Waals surface area contributed by atoms with Crippen LogP contribution in [0, 0.1) is 5.82 Å². The SMILES string of the molecule is O=C(CN(Cc1ccc(F)cc1)S(=O)(=O)c1cc(Cl)ccc1Cl)N1CCCCC1. The Kier molecular flexibility index (Phi) is 7.16. The van der Waals surface area contributed by atoms with Gasteiger partial charge in [0.15, 0.2) is 0 Å². The molecule has 1 heterocycles. The lowest BCUT2D eigenvalue weighted by molar-refractivity contribution is -0.132. The summed E-state index contributed by atoms with van der Waals surface area (Å²) >= 11 is 12.1. The van der Waals surface area contributed by atoms with Crippen molar-refractivity contribution in [3.05, 3.63) is 63.9 Å². The lowest BCUT2D eigenvalue weighted by Gasteiger charge is -2.30. The van der Waals surface area contributed by atoms with Gasteiger partial charge >= 0.3 is 0 Å². The minimum atomic E-state index is -4.12. The zero-order chi connectivity index (χ0) is 21.0. The molecule has 0 saturated carbocycles. The first-order chi connectivity index (χ1) is 13.8. The van der Waals surface area contributed by atoms with E-state index in [4.69, 9.17) is 23.2 Å². The zero-order valence-corrected chi connectivity index (χ0v) is 18.0. The summed E-state index contributed by atoms with van der Waals surface area (Å²) in [6.07, 6.45) is 2.85. The van der Waals surface area contributed by atoms with Gasteiger partial charge in [0.05, 0.1) is 11.6 Å². The van der Waals surface area contributed by atoms with Crippen molar-refractivity contribution in [3.63, 3.8) is 0 Å². The van der Waals surface area contributed by atoms with Crippen LogP contribution in [0.2, 0.25) is 10.0 Å². The molecule has 0 N–H and O–H groups in total. The highest BCUT2D eigenvalue weighted by atomic mass is 35.5. The summed E-state index contributed by atoms with van der Waals surface area (Å²) in [6, 6.07) is 9.64. The lowest BCUT2D eigenvalue weighted by Crippen LogP contribution is -2.44. The Balaban J connectivity index is 1.93. The third-order valence-electron chi connectivity index (χ3n) is 4.80. The molecular formula is C20H21Cl2FN2O3S. The van der Waals surface area contributed by atoms with Crippen molar-refractivity contribution in [2.24, 2.45) is 0 Å². The van der Waals surface area contributed by atoms with Crippen molar-refractivity contribution in [2.45, 2.75) is 30.7 Å². The van der Waals surface area contributed by atoms with Crippen LogP contribution in [0.1, 0.15) is 24.8 Å². The first-order valence-electron chi connectivity index (χ1n) is 9.25. The molecule has 1 fully saturated rings. The second-order valence-electron chi connectivity index (χ2n) is 6.92. The van der Waals surface area contributed by atoms with Crippen LogP contribution in [0.25, 0.3) is 0 Å². The summed E-state index contributed by atoms with van der Waals surface area (Å²) in [5.74, 6) is -0.695. The number of carbonyl (C=O) groups excluding carboxylic acids is 1. The van der Waals surface area contributed by atoms with Gasteiger partial charge in [-0.2, -0.15) is 4.31 Å². The number of halogens is 3. The number of amides is 1. The van der Waals surface area contributed by atoms with Crippen molar-refractivity contribution in [1.82, 2.24) is 9.21 Å². The van der Waals surface area contributed by atoms with E-state index in [1.165, 1.54) is 42.5 Å². The molecule has 1 saturated heterocycles. The van der Waals surface area contributed by atoms with Gasteiger partial charge in [-0.25, -0.2) is 12.8 Å². The fourth-order valence-corrected chi connectivity index (χ4v) is 5.34. The topological polar surface area (TPSA) is 57.7 Å². The number of piperidine rings is 1. The van der Waals surface area contributed by atoms with E-state index in [1.54, 1.807) is 4.90 Å². The Hall–Kier alpha value is -1.67. The molecule has 0 spiro atoms. The van der Waals surface area contributed by atoms with Crippen LogP contribution in [0.4, 0.5) is 4.39 Å². The molecule has 1 aliphatic rings. The van der Waals surface area contributed by atoms with E-state index >= 15 is 0 Å². The number of sulfonamides is 1. The molecule has 1 aliphatic heterocycles. The van der Waals surface area contributed by atoms with Gasteiger partial charge < -0.3 is 4.90 Å². The van der Waals surface area contributed by atoms with Gasteiger partial charge in [-0.3, -0.25) is 4.79 Å². The highest BCUT2D eigenvalue weighted by molar-refractivity contribution is 7.89. The van der Waals surface area contributed by atoms with Crippen molar-refractivity contribution < 1.29 is 17.6 Å². The molecule has 0 aliphatic carbocycles. The Morgan fingerprint density at radius 1 is 1.03 bits per heavy atom. The maximum atomic E-state index is 13.3. The fraction of sp³-hybridized carbons (Fsp3) is 0.350. The number of rotatable bonds is 6. The molecule has 5 nitrogen and oxygen atoms in total. The summed E-state index contributed by atoms with van der Waals surface area (Å²) in [5.41, 5.74) is 0.555. The van der Waals surface area contributed by atoms with E-state index in [0.29, 0.717) is 18.7 Å². The van der Waals surface area contributed by atoms with E-state index in [2.05, 4.69) is 0 Å². The molecule has 29 heavy (non-hydrogen) atoms. The molecule has 0 unspecified atom stereocenters. The quantitative estimate of drug-likeness (QED) is 0.646. The van der Waals surface area contributed by atoms with Crippen LogP contribution in [-0.2, 0) is 21.4 Å². The standard InChI is InChI=1S/C20H21Cl2FN2O3S/c21-16-6-9-18(22)19(12-16)29(27,28)25(13-15-4-7-17(23)8-5-15)14-20(26)24-10-2-1-3-11-24/h4-9,12H,1-3,10-11,13-14H2. The maximum absolute atomic E-state index is 13.3. The van der Waals surface area contributed by atoms with Crippen molar-refractivity contribution >= 4 is 39.1 Å². The van der Waals surface area contributed by atoms with Crippen LogP contribution in [-0.4, -0.2) is 43.2 Å². The van der Waals surface area contributed by atoms with Crippen LogP contribution < -0.4 is 0 Å². The molecule has 0 aromatic heterocycles. The number of benzene rings is 2. The van der Waals surface area contributed by atoms with Gasteiger partial charge in [-0.15, -0.1) is 0 Å². The van der Waals surface area contributed by atoms with Gasteiger partial charge in [0.25, 0.3) is 0 Å². The second-order valence-corrected chi connectivity index (χ2v) is 9.67. The number of nitrogens with zero attached hydrogens (tertiary/aromatic N) is 2. The maximum Gasteiger partial charge on any atom is 0.245 e. The Labute approximate surface area is 180 Å². The van der Waals surface area contributed by atoms with Gasteiger partial charge in [0.1, 0.15) is 10.7 Å². The number of hydrogen-bond donors (Lipinski definition) is 0. The number of hydrogen-bond acceptors (Lipinski definition) is 3. The summed E-state index contributed by atoms with van der Waals surface area (Å²) in [7, 11) is -4.12. The third-order valence-corrected chi connectivity index (χ3v) is 7.31. The van der Waals surface area contributed by atoms with Crippen molar-refractivity contribution in [3.8, 4) is 0 Å². The first kappa shape index (κ1) is 22.0. The number of likely N-dealkylation sites (tertiary alicyclic amines) is 1. The Morgan fingerprint density at radius 3 is 2.34 bits per heavy atom. The summed E-state index contributed by atoms with van der Waals surface area (Å²) in [5, 5.41) is 0.237. The third kappa shape index (κ3) is 5.48. The predicted octanol–water partition coefficient (Wildman–Crippen LogP) is 4.34. The van der Waals surface area contributed by atoms with Crippen LogP contribution in [0.15, 0.2) is 47.4 Å². The molecule has 9 heteroatoms. The van der Waals surface area contributed by atoms with E-state index in [-0.39, 0.29) is 33.9 Å². The number of carbonyl (C=O) groups is 1. The average molecular weight is 459 g/mol. The van der Waals surface area contributed by atoms with Crippen LogP contribution in [0.5, 0.6) is 0 Å².